The molecule has 0 bridgehead atoms. The number of amides is 4. The van der Waals surface area contributed by atoms with Crippen molar-refractivity contribution >= 4 is 42.0 Å². The Hall–Kier alpha value is -6.91. The number of furan rings is 1. The van der Waals surface area contributed by atoms with Crippen LogP contribution in [0.1, 0.15) is 90.6 Å². The van der Waals surface area contributed by atoms with Crippen LogP contribution in [-0.4, -0.2) is 87.2 Å². The summed E-state index contributed by atoms with van der Waals surface area (Å²) in [6.45, 7) is 5.30. The fraction of sp³-hybridized carbons (Fsp3) is 0.341. The third-order valence-electron chi connectivity index (χ3n) is 9.08. The van der Waals surface area contributed by atoms with Crippen LogP contribution < -0.4 is 20.7 Å². The maximum atomic E-state index is 13.6. The number of unbranched alkanes of at least 4 members (excludes halogenated alkanes) is 2. The van der Waals surface area contributed by atoms with E-state index in [2.05, 4.69) is 16.0 Å². The molecule has 3 atom stereocenters. The zero-order chi connectivity index (χ0) is 42.2. The number of carbonyl (C=O) groups is 7. The number of aliphatic carboxylic acids is 2. The Morgan fingerprint density at radius 2 is 1.66 bits per heavy atom. The molecule has 2 heterocycles. The quantitative estimate of drug-likeness (QED) is 0.0294. The molecule has 3 unspecified atom stereocenters. The van der Waals surface area contributed by atoms with E-state index >= 15 is 0 Å². The van der Waals surface area contributed by atoms with E-state index in [0.29, 0.717) is 24.8 Å². The van der Waals surface area contributed by atoms with Crippen LogP contribution in [0.15, 0.2) is 83.5 Å². The van der Waals surface area contributed by atoms with E-state index in [9.17, 15) is 38.7 Å². The average molecular weight is 802 g/mol. The number of hydrogen-bond donors (Lipinski definition) is 5. The first-order chi connectivity index (χ1) is 27.9. The molecule has 4 amide bonds. The summed E-state index contributed by atoms with van der Waals surface area (Å²) in [5.41, 5.74) is 1.29. The molecule has 17 nitrogen and oxygen atoms in total. The predicted octanol–water partition coefficient (Wildman–Crippen LogP) is 4.80. The van der Waals surface area contributed by atoms with Crippen LogP contribution in [0.25, 0.3) is 17.0 Å². The van der Waals surface area contributed by atoms with Gasteiger partial charge in [-0.05, 0) is 74.4 Å². The van der Waals surface area contributed by atoms with Crippen molar-refractivity contribution in [1.82, 2.24) is 25.6 Å². The van der Waals surface area contributed by atoms with Gasteiger partial charge in [-0.15, -0.1) is 0 Å². The molecule has 0 saturated heterocycles. The van der Waals surface area contributed by atoms with Gasteiger partial charge in [0, 0.05) is 23.6 Å². The van der Waals surface area contributed by atoms with Crippen LogP contribution in [0, 0.1) is 5.92 Å². The molecule has 0 spiro atoms. The number of carboxylic acid groups (broad SMARTS) is 2. The lowest BCUT2D eigenvalue weighted by Gasteiger charge is -2.31. The second kappa shape index (κ2) is 21.4. The van der Waals surface area contributed by atoms with E-state index in [1.807, 2.05) is 42.1 Å². The van der Waals surface area contributed by atoms with Gasteiger partial charge < -0.3 is 44.7 Å². The van der Waals surface area contributed by atoms with E-state index < -0.39 is 60.1 Å². The molecule has 0 saturated carbocycles. The molecule has 4 rings (SSSR count). The van der Waals surface area contributed by atoms with Crippen molar-refractivity contribution in [1.29, 1.82) is 0 Å². The fourth-order valence-electron chi connectivity index (χ4n) is 6.16. The summed E-state index contributed by atoms with van der Waals surface area (Å²) in [7, 11) is 0. The number of rotatable bonds is 23. The van der Waals surface area contributed by atoms with Crippen molar-refractivity contribution in [2.24, 2.45) is 5.92 Å². The molecular weight excluding hydrogens is 754 g/mol. The summed E-state index contributed by atoms with van der Waals surface area (Å²) in [6.07, 6.45) is 6.23. The van der Waals surface area contributed by atoms with Gasteiger partial charge in [-0.2, -0.15) is 5.06 Å². The van der Waals surface area contributed by atoms with Crippen LogP contribution in [-0.2, 0) is 24.0 Å². The van der Waals surface area contributed by atoms with Crippen molar-refractivity contribution < 1.29 is 57.8 Å². The first-order valence-corrected chi connectivity index (χ1v) is 18.8. The molecule has 4 aromatic rings. The monoisotopic (exact) mass is 801 g/mol. The highest BCUT2D eigenvalue weighted by Gasteiger charge is 2.34. The minimum absolute atomic E-state index is 0.0475. The lowest BCUT2D eigenvalue weighted by molar-refractivity contribution is -0.171. The molecule has 308 valence electrons. The van der Waals surface area contributed by atoms with Crippen LogP contribution in [0.4, 0.5) is 0 Å². The molecule has 0 aliphatic carbocycles. The number of nitrogens with one attached hydrogen (secondary N) is 3. The lowest BCUT2D eigenvalue weighted by atomic mass is 9.90. The molecule has 58 heavy (non-hydrogen) atoms. The molecule has 17 heteroatoms. The number of carbonyl (C=O) groups excluding carboxylic acids is 5. The van der Waals surface area contributed by atoms with Crippen molar-refractivity contribution in [3.8, 4) is 22.8 Å². The van der Waals surface area contributed by atoms with E-state index in [0.717, 1.165) is 23.6 Å². The number of hydrogen-bond acceptors (Lipinski definition) is 10. The molecule has 0 radical (unpaired) electrons. The van der Waals surface area contributed by atoms with Crippen LogP contribution in [0.5, 0.6) is 5.75 Å². The van der Waals surface area contributed by atoms with Crippen molar-refractivity contribution in [2.45, 2.75) is 71.4 Å². The number of hydroxylamine groups is 2. The normalized spacial score (nSPS) is 12.3. The molecule has 0 aliphatic heterocycles. The summed E-state index contributed by atoms with van der Waals surface area (Å²) in [4.78, 5) is 93.2. The molecule has 0 aliphatic rings. The highest BCUT2D eigenvalue weighted by atomic mass is 16.7. The fourth-order valence-corrected chi connectivity index (χ4v) is 6.16. The van der Waals surface area contributed by atoms with Crippen molar-refractivity contribution in [2.75, 3.05) is 13.3 Å². The minimum Gasteiger partial charge on any atom is -0.493 e. The number of ether oxygens (including phenoxy) is 1. The van der Waals surface area contributed by atoms with Crippen molar-refractivity contribution in [3.63, 3.8) is 0 Å². The Kier molecular flexibility index (Phi) is 16.2. The third kappa shape index (κ3) is 11.8. The maximum absolute atomic E-state index is 13.6. The summed E-state index contributed by atoms with van der Waals surface area (Å²) in [5.74, 6) is -6.29. The second-order valence-electron chi connectivity index (χ2n) is 13.1. The number of nitrogens with zero attached hydrogens (tertiary/aromatic N) is 2. The zero-order valence-electron chi connectivity index (χ0n) is 32.3. The maximum Gasteiger partial charge on any atom is 0.363 e. The summed E-state index contributed by atoms with van der Waals surface area (Å²) >= 11 is 0. The lowest BCUT2D eigenvalue weighted by Crippen LogP contribution is -2.49. The van der Waals surface area contributed by atoms with Crippen LogP contribution >= 0.6 is 0 Å². The first-order valence-electron chi connectivity index (χ1n) is 18.8. The largest absolute Gasteiger partial charge is 0.493 e. The van der Waals surface area contributed by atoms with Gasteiger partial charge in [0.15, 0.2) is 5.76 Å². The predicted molar refractivity (Wildman–Crippen MR) is 208 cm³/mol. The Labute approximate surface area is 334 Å². The van der Waals surface area contributed by atoms with Gasteiger partial charge in [-0.3, -0.25) is 24.0 Å². The molecule has 2 aromatic heterocycles. The van der Waals surface area contributed by atoms with Crippen LogP contribution in [0.2, 0.25) is 0 Å². The molecular formula is C41H47N5O12. The number of aromatic nitrogens is 1. The SMILES string of the molecule is CCCCCC(C(=O)NCNC(=O)c1ccc(-c2ccc(C(=O)NC(CC(=O)O)C(=O)O)c(OCC)c2)o1)C(CC)N(C=O)OC(=O)c1cccc(-n2cccc2)c1. The van der Waals surface area contributed by atoms with Crippen molar-refractivity contribution in [3.05, 3.63) is 96.0 Å². The molecule has 2 aromatic carbocycles. The summed E-state index contributed by atoms with van der Waals surface area (Å²) in [6, 6.07) is 15.1. The zero-order valence-corrected chi connectivity index (χ0v) is 32.3. The Bertz CT molecular complexity index is 2060. The minimum atomic E-state index is -1.67. The van der Waals surface area contributed by atoms with Gasteiger partial charge >= 0.3 is 17.9 Å². The van der Waals surface area contributed by atoms with Gasteiger partial charge in [0.05, 0.1) is 42.8 Å². The van der Waals surface area contributed by atoms with Gasteiger partial charge in [-0.25, -0.2) is 9.59 Å². The highest BCUT2D eigenvalue weighted by molar-refractivity contribution is 6.00. The van der Waals surface area contributed by atoms with Gasteiger partial charge in [0.1, 0.15) is 17.6 Å². The second-order valence-corrected chi connectivity index (χ2v) is 13.1. The Morgan fingerprint density at radius 3 is 2.31 bits per heavy atom. The van der Waals surface area contributed by atoms with E-state index in [1.165, 1.54) is 30.3 Å². The summed E-state index contributed by atoms with van der Waals surface area (Å²) < 4.78 is 13.2. The van der Waals surface area contributed by atoms with E-state index in [4.69, 9.17) is 19.1 Å². The Balaban J connectivity index is 1.41. The molecule has 5 N–H and O–H groups in total. The first kappa shape index (κ1) is 43.8. The van der Waals surface area contributed by atoms with E-state index in [1.54, 1.807) is 32.0 Å². The van der Waals surface area contributed by atoms with Gasteiger partial charge in [-0.1, -0.05) is 45.2 Å². The Morgan fingerprint density at radius 1 is 0.897 bits per heavy atom. The van der Waals surface area contributed by atoms with Gasteiger partial charge in [0.25, 0.3) is 11.8 Å². The van der Waals surface area contributed by atoms with E-state index in [-0.39, 0.29) is 48.1 Å². The standard InChI is InChI=1S/C41H47N5O12/c1-4-7-8-14-29(32(5-2)46(25-47)58-41(55)27-12-11-13-28(21-27)45-19-9-10-20-45)37(50)42-24-43-39(52)34-18-17-33(57-34)26-15-16-30(35(22-26)56-6-3)38(51)44-31(40(53)54)23-36(48)49/h9-13,15-22,25,29,31-32H,4-8,14,23-24H2,1-3H3,(H,42,50)(H,43,52)(H,44,51)(H,48,49)(H,53,54). The number of carboxylic acids is 2. The topological polar surface area (TPSA) is 236 Å². The van der Waals surface area contributed by atoms with Crippen LogP contribution in [0.3, 0.4) is 0 Å². The average Bonchev–Trinajstić information content (AvgIpc) is 3.94. The molecule has 0 fully saturated rings. The third-order valence-corrected chi connectivity index (χ3v) is 9.08. The number of benzene rings is 2. The van der Waals surface area contributed by atoms with Gasteiger partial charge in [0.2, 0.25) is 12.3 Å². The highest BCUT2D eigenvalue weighted by Crippen LogP contribution is 2.29. The smallest absolute Gasteiger partial charge is 0.363 e. The summed E-state index contributed by atoms with van der Waals surface area (Å²) in [5, 5.41) is 26.7.